The monoisotopic (exact) mass is 325 g/mol. The molecule has 2 aromatic rings. The molecule has 0 fully saturated rings. The first kappa shape index (κ1) is 16.4. The van der Waals surface area contributed by atoms with Gasteiger partial charge in [0.2, 0.25) is 10.0 Å². The Morgan fingerprint density at radius 2 is 2.05 bits per heavy atom. The van der Waals surface area contributed by atoms with Gasteiger partial charge >= 0.3 is 0 Å². The van der Waals surface area contributed by atoms with Crippen molar-refractivity contribution in [2.24, 2.45) is 0 Å². The van der Waals surface area contributed by atoms with Gasteiger partial charge in [-0.1, -0.05) is 19.0 Å². The molecule has 1 heterocycles. The zero-order valence-electron chi connectivity index (χ0n) is 12.8. The van der Waals surface area contributed by atoms with Gasteiger partial charge in [0.15, 0.2) is 5.82 Å². The lowest BCUT2D eigenvalue weighted by atomic mass is 10.2. The van der Waals surface area contributed by atoms with Gasteiger partial charge in [0.25, 0.3) is 5.89 Å². The van der Waals surface area contributed by atoms with Crippen LogP contribution in [0, 0.1) is 0 Å². The fourth-order valence-corrected chi connectivity index (χ4v) is 2.97. The number of aryl methyl sites for hydroxylation is 1. The van der Waals surface area contributed by atoms with Crippen LogP contribution in [0.2, 0.25) is 0 Å². The minimum Gasteiger partial charge on any atom is -0.493 e. The molecule has 7 nitrogen and oxygen atoms in total. The quantitative estimate of drug-likeness (QED) is 0.836. The second-order valence-electron chi connectivity index (χ2n) is 4.46. The molecule has 0 radical (unpaired) electrons. The SMILES string of the molecule is CCNS(=O)(=O)c1ccc(OCC)c(-c2nc(CC)no2)c1. The molecule has 0 aliphatic rings. The molecule has 8 heteroatoms. The van der Waals surface area contributed by atoms with Crippen LogP contribution < -0.4 is 9.46 Å². The summed E-state index contributed by atoms with van der Waals surface area (Å²) >= 11 is 0. The second kappa shape index (κ2) is 6.89. The second-order valence-corrected chi connectivity index (χ2v) is 6.23. The third-order valence-corrected chi connectivity index (χ3v) is 4.45. The van der Waals surface area contributed by atoms with Crippen molar-refractivity contribution in [3.8, 4) is 17.2 Å². The summed E-state index contributed by atoms with van der Waals surface area (Å²) in [7, 11) is -3.57. The summed E-state index contributed by atoms with van der Waals surface area (Å²) in [4.78, 5) is 4.37. The maximum atomic E-state index is 12.1. The summed E-state index contributed by atoms with van der Waals surface area (Å²) in [5.74, 6) is 1.30. The number of hydrogen-bond acceptors (Lipinski definition) is 6. The van der Waals surface area contributed by atoms with Crippen molar-refractivity contribution in [2.75, 3.05) is 13.2 Å². The van der Waals surface area contributed by atoms with Crippen molar-refractivity contribution < 1.29 is 17.7 Å². The highest BCUT2D eigenvalue weighted by Crippen LogP contribution is 2.31. The maximum Gasteiger partial charge on any atom is 0.261 e. The number of nitrogens with one attached hydrogen (secondary N) is 1. The van der Waals surface area contributed by atoms with E-state index in [9.17, 15) is 8.42 Å². The number of ether oxygens (including phenoxy) is 1. The van der Waals surface area contributed by atoms with Crippen molar-refractivity contribution in [3.05, 3.63) is 24.0 Å². The highest BCUT2D eigenvalue weighted by atomic mass is 32.2. The van der Waals surface area contributed by atoms with Crippen molar-refractivity contribution >= 4 is 10.0 Å². The van der Waals surface area contributed by atoms with Crippen LogP contribution in [-0.4, -0.2) is 31.7 Å². The summed E-state index contributed by atoms with van der Waals surface area (Å²) in [6.45, 7) is 6.23. The number of nitrogens with zero attached hydrogens (tertiary/aromatic N) is 2. The van der Waals surface area contributed by atoms with Gasteiger partial charge in [0.1, 0.15) is 5.75 Å². The Kier molecular flexibility index (Phi) is 5.15. The van der Waals surface area contributed by atoms with Gasteiger partial charge in [0, 0.05) is 13.0 Å². The van der Waals surface area contributed by atoms with E-state index < -0.39 is 10.0 Å². The lowest BCUT2D eigenvalue weighted by Gasteiger charge is -2.10. The molecular weight excluding hydrogens is 306 g/mol. The summed E-state index contributed by atoms with van der Waals surface area (Å²) in [6, 6.07) is 4.57. The third kappa shape index (κ3) is 3.45. The van der Waals surface area contributed by atoms with E-state index in [1.165, 1.54) is 12.1 Å². The molecular formula is C14H19N3O4S. The lowest BCUT2D eigenvalue weighted by Crippen LogP contribution is -2.23. The average Bonchev–Trinajstić information content (AvgIpc) is 2.96. The van der Waals surface area contributed by atoms with E-state index in [1.807, 2.05) is 13.8 Å². The fourth-order valence-electron chi connectivity index (χ4n) is 1.91. The van der Waals surface area contributed by atoms with Crippen molar-refractivity contribution in [2.45, 2.75) is 32.1 Å². The molecule has 22 heavy (non-hydrogen) atoms. The molecule has 0 saturated carbocycles. The number of aromatic nitrogens is 2. The van der Waals surface area contributed by atoms with Crippen LogP contribution in [0.4, 0.5) is 0 Å². The van der Waals surface area contributed by atoms with Crippen molar-refractivity contribution in [1.82, 2.24) is 14.9 Å². The largest absolute Gasteiger partial charge is 0.493 e. The Bertz CT molecular complexity index is 740. The van der Waals surface area contributed by atoms with Gasteiger partial charge in [-0.3, -0.25) is 0 Å². The van der Waals surface area contributed by atoms with Gasteiger partial charge in [-0.2, -0.15) is 4.98 Å². The molecule has 0 bridgehead atoms. The van der Waals surface area contributed by atoms with Crippen molar-refractivity contribution in [1.29, 1.82) is 0 Å². The Labute approximate surface area is 129 Å². The summed E-state index contributed by atoms with van der Waals surface area (Å²) in [6.07, 6.45) is 0.628. The molecule has 0 atom stereocenters. The maximum absolute atomic E-state index is 12.1. The molecule has 1 aromatic carbocycles. The average molecular weight is 325 g/mol. The van der Waals surface area contributed by atoms with E-state index in [0.717, 1.165) is 0 Å². The Balaban J connectivity index is 2.53. The van der Waals surface area contributed by atoms with E-state index in [4.69, 9.17) is 9.26 Å². The fraction of sp³-hybridized carbons (Fsp3) is 0.429. The van der Waals surface area contributed by atoms with Crippen LogP contribution in [0.15, 0.2) is 27.6 Å². The molecule has 2 rings (SSSR count). The van der Waals surface area contributed by atoms with E-state index in [-0.39, 0.29) is 10.8 Å². The summed E-state index contributed by atoms with van der Waals surface area (Å²) in [5, 5.41) is 3.83. The van der Waals surface area contributed by atoms with Gasteiger partial charge in [-0.15, -0.1) is 0 Å². The number of benzene rings is 1. The Morgan fingerprint density at radius 3 is 2.64 bits per heavy atom. The first-order valence-corrected chi connectivity index (χ1v) is 8.59. The highest BCUT2D eigenvalue weighted by molar-refractivity contribution is 7.89. The standard InChI is InChI=1S/C14H19N3O4S/c1-4-13-16-14(21-17-13)11-9-10(22(18,19)15-5-2)7-8-12(11)20-6-3/h7-9,15H,4-6H2,1-3H3. The molecule has 0 aliphatic heterocycles. The summed E-state index contributed by atoms with van der Waals surface area (Å²) in [5.41, 5.74) is 0.466. The lowest BCUT2D eigenvalue weighted by molar-refractivity contribution is 0.339. The van der Waals surface area contributed by atoms with Gasteiger partial charge in [-0.05, 0) is 25.1 Å². The first-order valence-electron chi connectivity index (χ1n) is 7.11. The number of sulfonamides is 1. The predicted molar refractivity (Wildman–Crippen MR) is 81.1 cm³/mol. The molecule has 0 unspecified atom stereocenters. The van der Waals surface area contributed by atoms with Crippen LogP contribution in [0.25, 0.3) is 11.5 Å². The molecule has 0 saturated heterocycles. The highest BCUT2D eigenvalue weighted by Gasteiger charge is 2.19. The molecule has 0 spiro atoms. The van der Waals surface area contributed by atoms with Gasteiger partial charge in [0.05, 0.1) is 17.1 Å². The molecule has 0 aliphatic carbocycles. The number of rotatable bonds is 7. The minimum absolute atomic E-state index is 0.129. The topological polar surface area (TPSA) is 94.3 Å². The predicted octanol–water partition coefficient (Wildman–Crippen LogP) is 2.00. The Hall–Kier alpha value is -1.93. The zero-order valence-corrected chi connectivity index (χ0v) is 13.6. The van der Waals surface area contributed by atoms with E-state index >= 15 is 0 Å². The molecule has 1 aromatic heterocycles. The van der Waals surface area contributed by atoms with E-state index in [2.05, 4.69) is 14.9 Å². The minimum atomic E-state index is -3.57. The van der Waals surface area contributed by atoms with Crippen LogP contribution >= 0.6 is 0 Å². The van der Waals surface area contributed by atoms with Gasteiger partial charge in [-0.25, -0.2) is 13.1 Å². The van der Waals surface area contributed by atoms with Crippen LogP contribution in [-0.2, 0) is 16.4 Å². The smallest absolute Gasteiger partial charge is 0.261 e. The normalized spacial score (nSPS) is 11.6. The zero-order chi connectivity index (χ0) is 16.2. The molecule has 120 valence electrons. The molecule has 1 N–H and O–H groups in total. The van der Waals surface area contributed by atoms with E-state index in [0.29, 0.717) is 36.7 Å². The van der Waals surface area contributed by atoms with Gasteiger partial charge < -0.3 is 9.26 Å². The molecule has 0 amide bonds. The van der Waals surface area contributed by atoms with Crippen LogP contribution in [0.5, 0.6) is 5.75 Å². The van der Waals surface area contributed by atoms with Crippen LogP contribution in [0.3, 0.4) is 0 Å². The van der Waals surface area contributed by atoms with E-state index in [1.54, 1.807) is 13.0 Å². The van der Waals surface area contributed by atoms with Crippen LogP contribution in [0.1, 0.15) is 26.6 Å². The first-order chi connectivity index (χ1) is 10.5. The Morgan fingerprint density at radius 1 is 1.27 bits per heavy atom. The number of hydrogen-bond donors (Lipinski definition) is 1. The third-order valence-electron chi connectivity index (χ3n) is 2.91. The van der Waals surface area contributed by atoms with Crippen molar-refractivity contribution in [3.63, 3.8) is 0 Å². The summed E-state index contributed by atoms with van der Waals surface area (Å²) < 4.78 is 37.4.